The highest BCUT2D eigenvalue weighted by Gasteiger charge is 2.17. The zero-order chi connectivity index (χ0) is 14.4. The Bertz CT molecular complexity index is 432. The van der Waals surface area contributed by atoms with E-state index in [1.54, 1.807) is 0 Å². The van der Waals surface area contributed by atoms with E-state index in [4.69, 9.17) is 0 Å². The van der Waals surface area contributed by atoms with Crippen LogP contribution in [0.3, 0.4) is 0 Å². The fourth-order valence-corrected chi connectivity index (χ4v) is 3.55. The van der Waals surface area contributed by atoms with Crippen LogP contribution in [0.4, 0.5) is 0 Å². The highest BCUT2D eigenvalue weighted by Crippen LogP contribution is 2.13. The maximum atomic E-state index is 12.0. The average molecular weight is 357 g/mol. The monoisotopic (exact) mass is 356 g/mol. The molecule has 5 heteroatoms. The molecule has 0 aromatic heterocycles. The number of rotatable bonds is 5. The Labute approximate surface area is 133 Å². The van der Waals surface area contributed by atoms with Gasteiger partial charge in [0.05, 0.1) is 0 Å². The lowest BCUT2D eigenvalue weighted by Crippen LogP contribution is -2.43. The number of hydrogen-bond donors (Lipinski definition) is 2. The molecule has 2 N–H and O–H groups in total. The fraction of sp³-hybridized carbons (Fsp3) is 0.533. The van der Waals surface area contributed by atoms with Gasteiger partial charge in [-0.1, -0.05) is 28.1 Å². The number of hydrogen-bond acceptors (Lipinski definition) is 3. The molecular formula is C15H21BrN2OS. The van der Waals surface area contributed by atoms with Crippen molar-refractivity contribution < 1.29 is 4.79 Å². The summed E-state index contributed by atoms with van der Waals surface area (Å²) in [5.41, 5.74) is 1.24. The molecule has 0 radical (unpaired) electrons. The summed E-state index contributed by atoms with van der Waals surface area (Å²) in [5, 5.41) is 6.48. The molecule has 0 spiro atoms. The van der Waals surface area contributed by atoms with Gasteiger partial charge in [0.1, 0.15) is 0 Å². The van der Waals surface area contributed by atoms with Crippen molar-refractivity contribution in [3.05, 3.63) is 34.3 Å². The molecule has 2 atom stereocenters. The summed E-state index contributed by atoms with van der Waals surface area (Å²) in [6.07, 6.45) is 1.45. The van der Waals surface area contributed by atoms with E-state index in [9.17, 15) is 4.79 Å². The lowest BCUT2D eigenvalue weighted by Gasteiger charge is -2.23. The lowest BCUT2D eigenvalue weighted by molar-refractivity contribution is -0.122. The number of amides is 1. The fourth-order valence-electron chi connectivity index (χ4n) is 2.33. The van der Waals surface area contributed by atoms with Gasteiger partial charge in [0.2, 0.25) is 5.91 Å². The second-order valence-corrected chi connectivity index (χ2v) is 7.29. The number of carbonyl (C=O) groups excluding carboxylic acids is 1. The van der Waals surface area contributed by atoms with Crippen LogP contribution in [-0.4, -0.2) is 36.0 Å². The molecule has 1 heterocycles. The van der Waals surface area contributed by atoms with Crippen LogP contribution in [0.1, 0.15) is 18.9 Å². The first kappa shape index (κ1) is 15.9. The van der Waals surface area contributed by atoms with Crippen LogP contribution in [-0.2, 0) is 11.2 Å². The SMILES string of the molecule is CC(Cc1ccc(Br)cc1)NC(=O)CC1CSCCN1. The van der Waals surface area contributed by atoms with E-state index in [1.165, 1.54) is 5.56 Å². The first-order valence-electron chi connectivity index (χ1n) is 6.98. The molecule has 1 fully saturated rings. The van der Waals surface area contributed by atoms with Gasteiger partial charge in [-0.3, -0.25) is 4.79 Å². The van der Waals surface area contributed by atoms with Gasteiger partial charge in [-0.15, -0.1) is 0 Å². The minimum Gasteiger partial charge on any atom is -0.353 e. The zero-order valence-electron chi connectivity index (χ0n) is 11.7. The lowest BCUT2D eigenvalue weighted by atomic mass is 10.1. The summed E-state index contributed by atoms with van der Waals surface area (Å²) in [6, 6.07) is 8.74. The van der Waals surface area contributed by atoms with Crippen molar-refractivity contribution in [1.29, 1.82) is 0 Å². The number of carbonyl (C=O) groups is 1. The van der Waals surface area contributed by atoms with Gasteiger partial charge in [-0.25, -0.2) is 0 Å². The third-order valence-corrected chi connectivity index (χ3v) is 4.95. The third kappa shape index (κ3) is 5.46. The molecular weight excluding hydrogens is 336 g/mol. The summed E-state index contributed by atoms with van der Waals surface area (Å²) >= 11 is 5.35. The number of benzene rings is 1. The van der Waals surface area contributed by atoms with Crippen LogP contribution in [0.25, 0.3) is 0 Å². The number of nitrogens with one attached hydrogen (secondary N) is 2. The van der Waals surface area contributed by atoms with E-state index in [0.717, 1.165) is 28.9 Å². The van der Waals surface area contributed by atoms with E-state index in [-0.39, 0.29) is 11.9 Å². The molecule has 2 unspecified atom stereocenters. The Morgan fingerprint density at radius 2 is 2.25 bits per heavy atom. The van der Waals surface area contributed by atoms with Gasteiger partial charge in [0, 0.05) is 41.0 Å². The predicted molar refractivity (Wildman–Crippen MR) is 89.2 cm³/mol. The Hall–Kier alpha value is -0.520. The standard InChI is InChI=1S/C15H21BrN2OS/c1-11(8-12-2-4-13(16)5-3-12)18-15(19)9-14-10-20-7-6-17-14/h2-5,11,14,17H,6-10H2,1H3,(H,18,19). The average Bonchev–Trinajstić information content (AvgIpc) is 2.42. The Morgan fingerprint density at radius 1 is 1.50 bits per heavy atom. The minimum atomic E-state index is 0.148. The molecule has 1 aromatic rings. The molecule has 1 aliphatic rings. The van der Waals surface area contributed by atoms with Gasteiger partial charge in [0.25, 0.3) is 0 Å². The van der Waals surface area contributed by atoms with Crippen molar-refractivity contribution in [2.24, 2.45) is 0 Å². The summed E-state index contributed by atoms with van der Waals surface area (Å²) in [6.45, 7) is 3.07. The molecule has 1 aromatic carbocycles. The molecule has 110 valence electrons. The molecule has 0 bridgehead atoms. The molecule has 0 aliphatic carbocycles. The first-order chi connectivity index (χ1) is 9.63. The quantitative estimate of drug-likeness (QED) is 0.851. The van der Waals surface area contributed by atoms with E-state index in [1.807, 2.05) is 23.9 Å². The van der Waals surface area contributed by atoms with Gasteiger partial charge >= 0.3 is 0 Å². The second kappa shape index (κ2) is 8.05. The van der Waals surface area contributed by atoms with E-state index in [0.29, 0.717) is 12.5 Å². The molecule has 20 heavy (non-hydrogen) atoms. The molecule has 0 saturated carbocycles. The number of thioether (sulfide) groups is 1. The van der Waals surface area contributed by atoms with Crippen molar-refractivity contribution in [1.82, 2.24) is 10.6 Å². The zero-order valence-corrected chi connectivity index (χ0v) is 14.1. The molecule has 1 amide bonds. The number of halogens is 1. The topological polar surface area (TPSA) is 41.1 Å². The predicted octanol–water partition coefficient (Wildman–Crippen LogP) is 2.59. The van der Waals surface area contributed by atoms with Crippen molar-refractivity contribution in [2.75, 3.05) is 18.1 Å². The van der Waals surface area contributed by atoms with E-state index >= 15 is 0 Å². The van der Waals surface area contributed by atoms with Crippen molar-refractivity contribution in [3.63, 3.8) is 0 Å². The summed E-state index contributed by atoms with van der Waals surface area (Å²) in [4.78, 5) is 12.0. The third-order valence-electron chi connectivity index (χ3n) is 3.29. The van der Waals surface area contributed by atoms with Crippen molar-refractivity contribution in [3.8, 4) is 0 Å². The molecule has 1 aliphatic heterocycles. The van der Waals surface area contributed by atoms with Crippen molar-refractivity contribution >= 4 is 33.6 Å². The summed E-state index contributed by atoms with van der Waals surface area (Å²) in [5.74, 6) is 2.33. The van der Waals surface area contributed by atoms with Gasteiger partial charge in [-0.2, -0.15) is 11.8 Å². The maximum Gasteiger partial charge on any atom is 0.221 e. The molecule has 2 rings (SSSR count). The van der Waals surface area contributed by atoms with Crippen LogP contribution >= 0.6 is 27.7 Å². The van der Waals surface area contributed by atoms with Gasteiger partial charge in [-0.05, 0) is 31.0 Å². The molecule has 3 nitrogen and oxygen atoms in total. The van der Waals surface area contributed by atoms with Gasteiger partial charge in [0.15, 0.2) is 0 Å². The largest absolute Gasteiger partial charge is 0.353 e. The van der Waals surface area contributed by atoms with E-state index in [2.05, 4.69) is 45.6 Å². The maximum absolute atomic E-state index is 12.0. The van der Waals surface area contributed by atoms with Crippen LogP contribution in [0.5, 0.6) is 0 Å². The molecule has 1 saturated heterocycles. The highest BCUT2D eigenvalue weighted by molar-refractivity contribution is 9.10. The summed E-state index contributed by atoms with van der Waals surface area (Å²) in [7, 11) is 0. The van der Waals surface area contributed by atoms with Gasteiger partial charge < -0.3 is 10.6 Å². The second-order valence-electron chi connectivity index (χ2n) is 5.23. The smallest absolute Gasteiger partial charge is 0.221 e. The summed E-state index contributed by atoms with van der Waals surface area (Å²) < 4.78 is 1.08. The van der Waals surface area contributed by atoms with E-state index < -0.39 is 0 Å². The van der Waals surface area contributed by atoms with Crippen molar-refractivity contribution in [2.45, 2.75) is 31.8 Å². The van der Waals surface area contributed by atoms with Crippen LogP contribution in [0.15, 0.2) is 28.7 Å². The Kier molecular flexibility index (Phi) is 6.39. The Morgan fingerprint density at radius 3 is 2.90 bits per heavy atom. The normalized spacial score (nSPS) is 20.4. The van der Waals surface area contributed by atoms with Crippen LogP contribution < -0.4 is 10.6 Å². The van der Waals surface area contributed by atoms with Crippen LogP contribution in [0, 0.1) is 0 Å². The van der Waals surface area contributed by atoms with Crippen LogP contribution in [0.2, 0.25) is 0 Å². The minimum absolute atomic E-state index is 0.148. The Balaban J connectivity index is 1.74. The first-order valence-corrected chi connectivity index (χ1v) is 8.93. The highest BCUT2D eigenvalue weighted by atomic mass is 79.9.